The molecule has 0 saturated heterocycles. The van der Waals surface area contributed by atoms with Crippen LogP contribution in [0.1, 0.15) is 26.7 Å². The number of rotatable bonds is 8. The number of nitro groups is 1. The second-order valence-electron chi connectivity index (χ2n) is 4.20. The lowest BCUT2D eigenvalue weighted by molar-refractivity contribution is -0.385. The molecule has 0 aliphatic rings. The Hall–Kier alpha value is -1.23. The van der Waals surface area contributed by atoms with Crippen molar-refractivity contribution in [2.24, 2.45) is 0 Å². The van der Waals surface area contributed by atoms with E-state index in [0.717, 1.165) is 18.6 Å². The summed E-state index contributed by atoms with van der Waals surface area (Å²) in [5.41, 5.74) is 0.0362. The number of hydrogen-bond acceptors (Lipinski definition) is 4. The Morgan fingerprint density at radius 1 is 1.33 bits per heavy atom. The average molecular weight is 269 g/mol. The molecule has 0 aliphatic heterocycles. The molecule has 1 rings (SSSR count). The van der Waals surface area contributed by atoms with Crippen LogP contribution in [0.25, 0.3) is 0 Å². The minimum atomic E-state index is -0.413. The zero-order chi connectivity index (χ0) is 13.4. The molecule has 0 saturated carbocycles. The van der Waals surface area contributed by atoms with E-state index in [0.29, 0.717) is 17.6 Å². The third kappa shape index (κ3) is 5.40. The number of ether oxygens (including phenoxy) is 1. The molecule has 5 heteroatoms. The highest BCUT2D eigenvalue weighted by Crippen LogP contribution is 2.25. The van der Waals surface area contributed by atoms with Gasteiger partial charge in [-0.05, 0) is 29.9 Å². The van der Waals surface area contributed by atoms with Crippen LogP contribution >= 0.6 is 11.8 Å². The minimum absolute atomic E-state index is 0.0362. The van der Waals surface area contributed by atoms with Gasteiger partial charge in [0.05, 0.1) is 11.5 Å². The number of unbranched alkanes of at least 4 members (excludes halogenated alkanes) is 1. The molecule has 0 aliphatic carbocycles. The van der Waals surface area contributed by atoms with Gasteiger partial charge in [0.15, 0.2) is 5.75 Å². The van der Waals surface area contributed by atoms with Crippen LogP contribution in [0.2, 0.25) is 0 Å². The molecular weight excluding hydrogens is 250 g/mol. The van der Waals surface area contributed by atoms with Crippen LogP contribution < -0.4 is 4.74 Å². The van der Waals surface area contributed by atoms with Crippen LogP contribution in [0.3, 0.4) is 0 Å². The first kappa shape index (κ1) is 14.8. The lowest BCUT2D eigenvalue weighted by Gasteiger charge is -2.07. The third-order valence-corrected chi connectivity index (χ3v) is 3.50. The molecule has 100 valence electrons. The van der Waals surface area contributed by atoms with Gasteiger partial charge in [0.1, 0.15) is 0 Å². The van der Waals surface area contributed by atoms with Crippen molar-refractivity contribution in [3.05, 3.63) is 34.4 Å². The van der Waals surface area contributed by atoms with Crippen molar-refractivity contribution in [2.45, 2.75) is 31.9 Å². The molecule has 0 spiro atoms. The molecule has 0 heterocycles. The normalized spacial score (nSPS) is 10.6. The largest absolute Gasteiger partial charge is 0.487 e. The summed E-state index contributed by atoms with van der Waals surface area (Å²) in [7, 11) is 0. The number of nitrogens with zero attached hydrogens (tertiary/aromatic N) is 1. The van der Waals surface area contributed by atoms with Crippen LogP contribution in [-0.4, -0.2) is 22.5 Å². The molecule has 0 N–H and O–H groups in total. The van der Waals surface area contributed by atoms with Crippen molar-refractivity contribution >= 4 is 17.4 Å². The summed E-state index contributed by atoms with van der Waals surface area (Å²) >= 11 is 1.92. The van der Waals surface area contributed by atoms with E-state index < -0.39 is 4.92 Å². The number of benzene rings is 1. The fraction of sp³-hybridized carbons (Fsp3) is 0.538. The Bertz CT molecular complexity index is 382. The van der Waals surface area contributed by atoms with E-state index in [-0.39, 0.29) is 5.69 Å². The summed E-state index contributed by atoms with van der Waals surface area (Å²) in [5.74, 6) is 1.47. The fourth-order valence-corrected chi connectivity index (χ4v) is 2.28. The second-order valence-corrected chi connectivity index (χ2v) is 5.88. The maximum atomic E-state index is 10.8. The lowest BCUT2D eigenvalue weighted by atomic mass is 10.3. The Balaban J connectivity index is 2.29. The standard InChI is InChI=1S/C13H19NO3S/c1-11(2)18-10-6-5-9-17-13-8-4-3-7-12(13)14(15)16/h3-4,7-8,11H,5-6,9-10H2,1-2H3. The maximum absolute atomic E-state index is 10.8. The molecular formula is C13H19NO3S. The molecule has 0 amide bonds. The highest BCUT2D eigenvalue weighted by atomic mass is 32.2. The molecule has 0 bridgehead atoms. The van der Waals surface area contributed by atoms with E-state index in [9.17, 15) is 10.1 Å². The van der Waals surface area contributed by atoms with Crippen LogP contribution in [-0.2, 0) is 0 Å². The topological polar surface area (TPSA) is 52.4 Å². The first-order valence-electron chi connectivity index (χ1n) is 6.09. The number of thioether (sulfide) groups is 1. The van der Waals surface area contributed by atoms with E-state index in [2.05, 4.69) is 13.8 Å². The van der Waals surface area contributed by atoms with Crippen LogP contribution in [0, 0.1) is 10.1 Å². The van der Waals surface area contributed by atoms with Gasteiger partial charge in [-0.3, -0.25) is 10.1 Å². The summed E-state index contributed by atoms with van der Waals surface area (Å²) in [6.07, 6.45) is 2.00. The van der Waals surface area contributed by atoms with E-state index in [4.69, 9.17) is 4.74 Å². The van der Waals surface area contributed by atoms with Crippen molar-refractivity contribution < 1.29 is 9.66 Å². The van der Waals surface area contributed by atoms with E-state index in [1.807, 2.05) is 11.8 Å². The van der Waals surface area contributed by atoms with Crippen LogP contribution in [0.15, 0.2) is 24.3 Å². The number of hydrogen-bond donors (Lipinski definition) is 0. The first-order chi connectivity index (χ1) is 8.61. The fourth-order valence-electron chi connectivity index (χ4n) is 1.44. The lowest BCUT2D eigenvalue weighted by Crippen LogP contribution is -2.01. The number of nitro benzene ring substituents is 1. The summed E-state index contributed by atoms with van der Waals surface area (Å²) < 4.78 is 5.45. The predicted molar refractivity (Wildman–Crippen MR) is 75.4 cm³/mol. The van der Waals surface area contributed by atoms with Crippen LogP contribution in [0.4, 0.5) is 5.69 Å². The molecule has 0 radical (unpaired) electrons. The Kier molecular flexibility index (Phi) is 6.57. The molecule has 0 atom stereocenters. The minimum Gasteiger partial charge on any atom is -0.487 e. The third-order valence-electron chi connectivity index (χ3n) is 2.31. The predicted octanol–water partition coefficient (Wildman–Crippen LogP) is 3.90. The summed E-state index contributed by atoms with van der Waals surface area (Å²) in [6.45, 7) is 4.88. The van der Waals surface area contributed by atoms with Gasteiger partial charge in [-0.25, -0.2) is 0 Å². The molecule has 0 fully saturated rings. The summed E-state index contributed by atoms with van der Waals surface area (Å²) in [5, 5.41) is 11.4. The smallest absolute Gasteiger partial charge is 0.310 e. The van der Waals surface area contributed by atoms with Gasteiger partial charge in [-0.2, -0.15) is 11.8 Å². The molecule has 0 aromatic heterocycles. The Labute approximate surface area is 112 Å². The molecule has 18 heavy (non-hydrogen) atoms. The zero-order valence-corrected chi connectivity index (χ0v) is 11.6. The van der Waals surface area contributed by atoms with Crippen molar-refractivity contribution in [1.82, 2.24) is 0 Å². The van der Waals surface area contributed by atoms with Crippen molar-refractivity contribution in [2.75, 3.05) is 12.4 Å². The Morgan fingerprint density at radius 2 is 2.06 bits per heavy atom. The monoisotopic (exact) mass is 269 g/mol. The van der Waals surface area contributed by atoms with Crippen LogP contribution in [0.5, 0.6) is 5.75 Å². The first-order valence-corrected chi connectivity index (χ1v) is 7.14. The Morgan fingerprint density at radius 3 is 2.72 bits per heavy atom. The van der Waals surface area contributed by atoms with Gasteiger partial charge < -0.3 is 4.74 Å². The highest BCUT2D eigenvalue weighted by Gasteiger charge is 2.12. The SMILES string of the molecule is CC(C)SCCCCOc1ccccc1[N+](=O)[O-]. The van der Waals surface area contributed by atoms with Gasteiger partial charge in [-0.15, -0.1) is 0 Å². The van der Waals surface area contributed by atoms with Crippen molar-refractivity contribution in [3.63, 3.8) is 0 Å². The van der Waals surface area contributed by atoms with Gasteiger partial charge in [0.25, 0.3) is 0 Å². The molecule has 4 nitrogen and oxygen atoms in total. The average Bonchev–Trinajstić information content (AvgIpc) is 2.33. The molecule has 1 aromatic rings. The molecule has 1 aromatic carbocycles. The quantitative estimate of drug-likeness (QED) is 0.408. The van der Waals surface area contributed by atoms with E-state index in [1.54, 1.807) is 18.2 Å². The maximum Gasteiger partial charge on any atom is 0.310 e. The van der Waals surface area contributed by atoms with Crippen molar-refractivity contribution in [3.8, 4) is 5.75 Å². The zero-order valence-electron chi connectivity index (χ0n) is 10.8. The van der Waals surface area contributed by atoms with Gasteiger partial charge in [0, 0.05) is 6.07 Å². The molecule has 0 unspecified atom stereocenters. The van der Waals surface area contributed by atoms with Gasteiger partial charge in [-0.1, -0.05) is 26.0 Å². The summed E-state index contributed by atoms with van der Waals surface area (Å²) in [6, 6.07) is 6.49. The van der Waals surface area contributed by atoms with Crippen molar-refractivity contribution in [1.29, 1.82) is 0 Å². The van der Waals surface area contributed by atoms with E-state index >= 15 is 0 Å². The number of para-hydroxylation sites is 2. The second kappa shape index (κ2) is 7.97. The van der Waals surface area contributed by atoms with Gasteiger partial charge >= 0.3 is 5.69 Å². The van der Waals surface area contributed by atoms with Gasteiger partial charge in [0.2, 0.25) is 0 Å². The summed E-state index contributed by atoms with van der Waals surface area (Å²) in [4.78, 5) is 10.3. The van der Waals surface area contributed by atoms with E-state index in [1.165, 1.54) is 6.07 Å². The highest BCUT2D eigenvalue weighted by molar-refractivity contribution is 7.99.